The van der Waals surface area contributed by atoms with Crippen LogP contribution in [-0.2, 0) is 6.42 Å². The average molecular weight is 297 g/mol. The Kier molecular flexibility index (Phi) is 6.00. The van der Waals surface area contributed by atoms with Gasteiger partial charge in [0.15, 0.2) is 0 Å². The molecule has 2 rings (SSSR count). The lowest BCUT2D eigenvalue weighted by molar-refractivity contribution is 0.415. The SMILES string of the molecule is C/C=C(/CC)CC[C@H](C)Cc1ccnc2ccc(OC)cc12. The van der Waals surface area contributed by atoms with Crippen molar-refractivity contribution in [2.45, 2.75) is 46.5 Å². The number of hydrogen-bond acceptors (Lipinski definition) is 2. The second-order valence-corrected chi connectivity index (χ2v) is 6.00. The summed E-state index contributed by atoms with van der Waals surface area (Å²) in [5.74, 6) is 1.56. The quantitative estimate of drug-likeness (QED) is 0.624. The molecule has 0 spiro atoms. The molecule has 0 aliphatic carbocycles. The van der Waals surface area contributed by atoms with E-state index in [0.717, 1.165) is 17.7 Å². The Bertz CT molecular complexity index is 645. The Balaban J connectivity index is 2.13. The van der Waals surface area contributed by atoms with Gasteiger partial charge < -0.3 is 4.74 Å². The molecule has 1 atom stereocenters. The minimum Gasteiger partial charge on any atom is -0.497 e. The van der Waals surface area contributed by atoms with Crippen molar-refractivity contribution in [3.05, 3.63) is 47.7 Å². The molecule has 0 saturated heterocycles. The lowest BCUT2D eigenvalue weighted by atomic mass is 9.92. The monoisotopic (exact) mass is 297 g/mol. The van der Waals surface area contributed by atoms with Gasteiger partial charge in [-0.3, -0.25) is 4.98 Å². The normalized spacial score (nSPS) is 13.4. The maximum absolute atomic E-state index is 5.36. The number of fused-ring (bicyclic) bond motifs is 1. The second kappa shape index (κ2) is 7.98. The van der Waals surface area contributed by atoms with E-state index in [0.29, 0.717) is 5.92 Å². The Morgan fingerprint density at radius 2 is 2.14 bits per heavy atom. The fourth-order valence-electron chi connectivity index (χ4n) is 2.92. The number of nitrogens with zero attached hydrogens (tertiary/aromatic N) is 1. The van der Waals surface area contributed by atoms with E-state index in [1.807, 2.05) is 18.3 Å². The van der Waals surface area contributed by atoms with Crippen LogP contribution in [0.5, 0.6) is 5.75 Å². The zero-order valence-corrected chi connectivity index (χ0v) is 14.2. The molecule has 0 amide bonds. The highest BCUT2D eigenvalue weighted by atomic mass is 16.5. The van der Waals surface area contributed by atoms with Gasteiger partial charge in [0, 0.05) is 11.6 Å². The van der Waals surface area contributed by atoms with Crippen LogP contribution < -0.4 is 4.74 Å². The Labute approximate surface area is 134 Å². The van der Waals surface area contributed by atoms with Crippen molar-refractivity contribution in [2.24, 2.45) is 5.92 Å². The minimum absolute atomic E-state index is 0.665. The van der Waals surface area contributed by atoms with Crippen LogP contribution in [0.3, 0.4) is 0 Å². The molecular weight excluding hydrogens is 270 g/mol. The number of benzene rings is 1. The summed E-state index contributed by atoms with van der Waals surface area (Å²) in [4.78, 5) is 4.46. The fourth-order valence-corrected chi connectivity index (χ4v) is 2.92. The lowest BCUT2D eigenvalue weighted by Gasteiger charge is -2.14. The van der Waals surface area contributed by atoms with Crippen molar-refractivity contribution in [3.63, 3.8) is 0 Å². The summed E-state index contributed by atoms with van der Waals surface area (Å²) in [6.07, 6.45) is 8.88. The molecule has 1 heterocycles. The fraction of sp³-hybridized carbons (Fsp3) is 0.450. The van der Waals surface area contributed by atoms with E-state index in [9.17, 15) is 0 Å². The second-order valence-electron chi connectivity index (χ2n) is 6.00. The predicted octanol–water partition coefficient (Wildman–Crippen LogP) is 5.56. The highest BCUT2D eigenvalue weighted by Gasteiger charge is 2.09. The largest absolute Gasteiger partial charge is 0.497 e. The molecule has 2 nitrogen and oxygen atoms in total. The maximum atomic E-state index is 5.36. The third-order valence-electron chi connectivity index (χ3n) is 4.43. The first-order valence-electron chi connectivity index (χ1n) is 8.23. The van der Waals surface area contributed by atoms with Crippen LogP contribution in [-0.4, -0.2) is 12.1 Å². The van der Waals surface area contributed by atoms with E-state index in [2.05, 4.69) is 44.0 Å². The number of ether oxygens (including phenoxy) is 1. The van der Waals surface area contributed by atoms with Gasteiger partial charge in [0.2, 0.25) is 0 Å². The van der Waals surface area contributed by atoms with Gasteiger partial charge >= 0.3 is 0 Å². The number of pyridine rings is 1. The molecule has 0 saturated carbocycles. The molecule has 118 valence electrons. The number of rotatable bonds is 7. The van der Waals surface area contributed by atoms with Gasteiger partial charge in [0.05, 0.1) is 12.6 Å². The molecule has 22 heavy (non-hydrogen) atoms. The van der Waals surface area contributed by atoms with Crippen LogP contribution in [0.1, 0.15) is 45.6 Å². The summed E-state index contributed by atoms with van der Waals surface area (Å²) in [7, 11) is 1.71. The molecule has 2 heteroatoms. The van der Waals surface area contributed by atoms with Crippen LogP contribution in [0.25, 0.3) is 10.9 Å². The first-order valence-corrected chi connectivity index (χ1v) is 8.23. The van der Waals surface area contributed by atoms with Crippen molar-refractivity contribution in [1.29, 1.82) is 0 Å². The maximum Gasteiger partial charge on any atom is 0.119 e. The lowest BCUT2D eigenvalue weighted by Crippen LogP contribution is -2.02. The average Bonchev–Trinajstić information content (AvgIpc) is 2.55. The van der Waals surface area contributed by atoms with Gasteiger partial charge in [-0.15, -0.1) is 0 Å². The molecule has 0 aliphatic heterocycles. The van der Waals surface area contributed by atoms with Gasteiger partial charge in [0.25, 0.3) is 0 Å². The van der Waals surface area contributed by atoms with Gasteiger partial charge in [-0.25, -0.2) is 0 Å². The van der Waals surface area contributed by atoms with Crippen LogP contribution in [0.15, 0.2) is 42.1 Å². The summed E-state index contributed by atoms with van der Waals surface area (Å²) >= 11 is 0. The van der Waals surface area contributed by atoms with Crippen molar-refractivity contribution in [3.8, 4) is 5.75 Å². The van der Waals surface area contributed by atoms with E-state index in [4.69, 9.17) is 4.74 Å². The Hall–Kier alpha value is -1.83. The zero-order valence-electron chi connectivity index (χ0n) is 14.2. The smallest absolute Gasteiger partial charge is 0.119 e. The topological polar surface area (TPSA) is 22.1 Å². The first-order chi connectivity index (χ1) is 10.7. The van der Waals surface area contributed by atoms with Gasteiger partial charge in [0.1, 0.15) is 5.75 Å². The first kappa shape index (κ1) is 16.5. The molecule has 2 aromatic rings. The van der Waals surface area contributed by atoms with E-state index in [-0.39, 0.29) is 0 Å². The summed E-state index contributed by atoms with van der Waals surface area (Å²) in [5, 5.41) is 1.22. The minimum atomic E-state index is 0.665. The standard InChI is InChI=1S/C20H27NO/c1-5-16(6-2)8-7-15(3)13-17-11-12-21-20-10-9-18(22-4)14-19(17)20/h5,9-12,14-15H,6-8,13H2,1-4H3/b16-5-/t15-/m0/s1. The van der Waals surface area contributed by atoms with Gasteiger partial charge in [-0.1, -0.05) is 25.5 Å². The van der Waals surface area contributed by atoms with E-state index in [1.165, 1.54) is 30.2 Å². The molecule has 0 radical (unpaired) electrons. The summed E-state index contributed by atoms with van der Waals surface area (Å²) in [6, 6.07) is 8.27. The molecule has 0 unspecified atom stereocenters. The highest BCUT2D eigenvalue weighted by molar-refractivity contribution is 5.83. The third kappa shape index (κ3) is 4.09. The van der Waals surface area contributed by atoms with Crippen LogP contribution >= 0.6 is 0 Å². The third-order valence-corrected chi connectivity index (χ3v) is 4.43. The van der Waals surface area contributed by atoms with Crippen LogP contribution in [0, 0.1) is 5.92 Å². The summed E-state index contributed by atoms with van der Waals surface area (Å²) in [5.41, 5.74) is 3.98. The summed E-state index contributed by atoms with van der Waals surface area (Å²) < 4.78 is 5.36. The number of methoxy groups -OCH3 is 1. The van der Waals surface area contributed by atoms with E-state index in [1.54, 1.807) is 12.7 Å². The number of hydrogen-bond donors (Lipinski definition) is 0. The van der Waals surface area contributed by atoms with Crippen molar-refractivity contribution < 1.29 is 4.74 Å². The van der Waals surface area contributed by atoms with E-state index < -0.39 is 0 Å². The number of allylic oxidation sites excluding steroid dienone is 2. The molecule has 0 aliphatic rings. The predicted molar refractivity (Wildman–Crippen MR) is 94.4 cm³/mol. The van der Waals surface area contributed by atoms with Gasteiger partial charge in [-0.2, -0.15) is 0 Å². The molecular formula is C20H27NO. The molecule has 1 aromatic heterocycles. The molecule has 0 N–H and O–H groups in total. The van der Waals surface area contributed by atoms with Crippen molar-refractivity contribution in [1.82, 2.24) is 4.98 Å². The zero-order chi connectivity index (χ0) is 15.9. The van der Waals surface area contributed by atoms with Crippen molar-refractivity contribution >= 4 is 10.9 Å². The van der Waals surface area contributed by atoms with Crippen molar-refractivity contribution in [2.75, 3.05) is 7.11 Å². The number of aromatic nitrogens is 1. The molecule has 1 aromatic carbocycles. The van der Waals surface area contributed by atoms with E-state index >= 15 is 0 Å². The molecule has 0 bridgehead atoms. The van der Waals surface area contributed by atoms with Crippen LogP contribution in [0.2, 0.25) is 0 Å². The Morgan fingerprint density at radius 3 is 2.82 bits per heavy atom. The highest BCUT2D eigenvalue weighted by Crippen LogP contribution is 2.26. The molecule has 0 fully saturated rings. The Morgan fingerprint density at radius 1 is 1.32 bits per heavy atom. The van der Waals surface area contributed by atoms with Gasteiger partial charge in [-0.05, 0) is 68.4 Å². The summed E-state index contributed by atoms with van der Waals surface area (Å²) in [6.45, 7) is 6.73. The van der Waals surface area contributed by atoms with Crippen LogP contribution in [0.4, 0.5) is 0 Å².